The largest absolute Gasteiger partial charge is 0.387 e. The molecule has 2 rings (SSSR count). The van der Waals surface area contributed by atoms with Crippen LogP contribution in [0.4, 0.5) is 0 Å². The van der Waals surface area contributed by atoms with Crippen molar-refractivity contribution < 1.29 is 5.11 Å². The zero-order chi connectivity index (χ0) is 15.5. The van der Waals surface area contributed by atoms with Crippen LogP contribution < -0.4 is 0 Å². The lowest BCUT2D eigenvalue weighted by atomic mass is 9.75. The Morgan fingerprint density at radius 1 is 1.29 bits per heavy atom. The molecule has 1 N–H and O–H groups in total. The van der Waals surface area contributed by atoms with E-state index in [9.17, 15) is 5.11 Å². The molecule has 0 aliphatic heterocycles. The van der Waals surface area contributed by atoms with Crippen molar-refractivity contribution in [3.63, 3.8) is 0 Å². The molecule has 1 atom stereocenters. The maximum Gasteiger partial charge on any atom is 0.0991 e. The summed E-state index contributed by atoms with van der Waals surface area (Å²) in [6.45, 7) is 5.33. The molecule has 1 aromatic rings. The monoisotopic (exact) mass is 286 g/mol. The molecule has 0 aromatic heterocycles. The Morgan fingerprint density at radius 3 is 2.38 bits per heavy atom. The van der Waals surface area contributed by atoms with Gasteiger partial charge >= 0.3 is 0 Å². The van der Waals surface area contributed by atoms with E-state index in [1.54, 1.807) is 12.1 Å². The third kappa shape index (κ3) is 4.30. The van der Waals surface area contributed by atoms with E-state index in [-0.39, 0.29) is 0 Å². The van der Waals surface area contributed by atoms with Gasteiger partial charge in [0.15, 0.2) is 0 Å². The van der Waals surface area contributed by atoms with Crippen molar-refractivity contribution in [2.24, 2.45) is 5.41 Å². The van der Waals surface area contributed by atoms with E-state index >= 15 is 0 Å². The Bertz CT molecular complexity index is 491. The van der Waals surface area contributed by atoms with Gasteiger partial charge in [0.05, 0.1) is 17.7 Å². The van der Waals surface area contributed by atoms with Crippen LogP contribution in [0.15, 0.2) is 24.3 Å². The first kappa shape index (κ1) is 16.0. The van der Waals surface area contributed by atoms with Gasteiger partial charge in [-0.05, 0) is 55.8 Å². The smallest absolute Gasteiger partial charge is 0.0991 e. The summed E-state index contributed by atoms with van der Waals surface area (Å²) in [7, 11) is 2.11. The summed E-state index contributed by atoms with van der Waals surface area (Å²) < 4.78 is 0. The number of aliphatic hydroxyl groups is 1. The molecule has 0 saturated heterocycles. The first-order chi connectivity index (χ1) is 9.91. The van der Waals surface area contributed by atoms with Crippen LogP contribution in [0, 0.1) is 16.7 Å². The van der Waals surface area contributed by atoms with E-state index in [1.807, 2.05) is 12.1 Å². The number of nitrogens with zero attached hydrogens (tertiary/aromatic N) is 2. The quantitative estimate of drug-likeness (QED) is 0.921. The average Bonchev–Trinajstić information content (AvgIpc) is 2.47. The van der Waals surface area contributed by atoms with Gasteiger partial charge in [-0.2, -0.15) is 5.26 Å². The Labute approximate surface area is 128 Å². The summed E-state index contributed by atoms with van der Waals surface area (Å²) in [5.74, 6) is 0. The second-order valence-corrected chi connectivity index (χ2v) is 7.08. The van der Waals surface area contributed by atoms with Crippen molar-refractivity contribution in [3.8, 4) is 6.07 Å². The van der Waals surface area contributed by atoms with Gasteiger partial charge in [-0.15, -0.1) is 0 Å². The van der Waals surface area contributed by atoms with E-state index in [2.05, 4.69) is 31.9 Å². The fourth-order valence-electron chi connectivity index (χ4n) is 3.13. The topological polar surface area (TPSA) is 47.3 Å². The van der Waals surface area contributed by atoms with Gasteiger partial charge < -0.3 is 10.0 Å². The number of nitriles is 1. The molecule has 21 heavy (non-hydrogen) atoms. The highest BCUT2D eigenvalue weighted by atomic mass is 16.3. The summed E-state index contributed by atoms with van der Waals surface area (Å²) in [5, 5.41) is 19.2. The molecular weight excluding hydrogens is 260 g/mol. The van der Waals surface area contributed by atoms with Crippen LogP contribution in [0.1, 0.15) is 56.8 Å². The van der Waals surface area contributed by atoms with Crippen molar-refractivity contribution in [3.05, 3.63) is 35.4 Å². The molecule has 3 heteroatoms. The van der Waals surface area contributed by atoms with Crippen LogP contribution >= 0.6 is 0 Å². The minimum atomic E-state index is -0.488. The van der Waals surface area contributed by atoms with E-state index in [0.717, 1.165) is 5.56 Å². The minimum absolute atomic E-state index is 0.475. The van der Waals surface area contributed by atoms with Gasteiger partial charge in [0.1, 0.15) is 0 Å². The fraction of sp³-hybridized carbons (Fsp3) is 0.611. The van der Waals surface area contributed by atoms with Gasteiger partial charge in [0, 0.05) is 12.6 Å². The third-order valence-electron chi connectivity index (χ3n) is 4.82. The summed E-state index contributed by atoms with van der Waals surface area (Å²) in [5.41, 5.74) is 1.99. The molecule has 1 aromatic carbocycles. The van der Waals surface area contributed by atoms with Crippen molar-refractivity contribution >= 4 is 0 Å². The number of benzene rings is 1. The molecule has 1 aliphatic rings. The molecule has 0 heterocycles. The Hall–Kier alpha value is -1.37. The van der Waals surface area contributed by atoms with Gasteiger partial charge in [-0.25, -0.2) is 0 Å². The lowest BCUT2D eigenvalue weighted by molar-refractivity contribution is 0.0722. The summed E-state index contributed by atoms with van der Waals surface area (Å²) in [4.78, 5) is 2.29. The van der Waals surface area contributed by atoms with Crippen LogP contribution in [0.5, 0.6) is 0 Å². The average molecular weight is 286 g/mol. The SMILES string of the molecule is CN(CC(O)c1ccc(C#N)cc1)C1CCC(C)(C)CC1. The predicted molar refractivity (Wildman–Crippen MR) is 84.8 cm³/mol. The Morgan fingerprint density at radius 2 is 1.86 bits per heavy atom. The Balaban J connectivity index is 1.90. The summed E-state index contributed by atoms with van der Waals surface area (Å²) >= 11 is 0. The van der Waals surface area contributed by atoms with Crippen molar-refractivity contribution in [2.75, 3.05) is 13.6 Å². The van der Waals surface area contributed by atoms with Crippen LogP contribution in [0.25, 0.3) is 0 Å². The predicted octanol–water partition coefficient (Wildman–Crippen LogP) is 3.49. The third-order valence-corrected chi connectivity index (χ3v) is 4.82. The molecule has 1 fully saturated rings. The maximum absolute atomic E-state index is 10.4. The standard InChI is InChI=1S/C18H26N2O/c1-18(2)10-8-16(9-11-18)20(3)13-17(21)15-6-4-14(12-19)5-7-15/h4-7,16-17,21H,8-11,13H2,1-3H3. The summed E-state index contributed by atoms with van der Waals surface area (Å²) in [6.07, 6.45) is 4.45. The van der Waals surface area contributed by atoms with Gasteiger partial charge in [-0.3, -0.25) is 0 Å². The highest BCUT2D eigenvalue weighted by Crippen LogP contribution is 2.36. The molecule has 1 unspecified atom stereocenters. The maximum atomic E-state index is 10.4. The number of rotatable bonds is 4. The van der Waals surface area contributed by atoms with E-state index in [1.165, 1.54) is 25.7 Å². The van der Waals surface area contributed by atoms with Crippen LogP contribution in [0.3, 0.4) is 0 Å². The van der Waals surface area contributed by atoms with Crippen LogP contribution in [-0.4, -0.2) is 29.6 Å². The molecule has 1 saturated carbocycles. The number of hydrogen-bond acceptors (Lipinski definition) is 3. The van der Waals surface area contributed by atoms with Crippen molar-refractivity contribution in [2.45, 2.75) is 51.7 Å². The second kappa shape index (κ2) is 6.60. The lowest BCUT2D eigenvalue weighted by Gasteiger charge is -2.39. The first-order valence-corrected chi connectivity index (χ1v) is 7.80. The number of hydrogen-bond donors (Lipinski definition) is 1. The van der Waals surface area contributed by atoms with E-state index < -0.39 is 6.10 Å². The fourth-order valence-corrected chi connectivity index (χ4v) is 3.13. The van der Waals surface area contributed by atoms with E-state index in [4.69, 9.17) is 5.26 Å². The second-order valence-electron chi connectivity index (χ2n) is 7.08. The van der Waals surface area contributed by atoms with Crippen LogP contribution in [0.2, 0.25) is 0 Å². The molecule has 1 aliphatic carbocycles. The highest BCUT2D eigenvalue weighted by molar-refractivity contribution is 5.32. The minimum Gasteiger partial charge on any atom is -0.387 e. The molecule has 0 spiro atoms. The van der Waals surface area contributed by atoms with Gasteiger partial charge in [0.2, 0.25) is 0 Å². The van der Waals surface area contributed by atoms with Crippen LogP contribution in [-0.2, 0) is 0 Å². The molecule has 3 nitrogen and oxygen atoms in total. The summed E-state index contributed by atoms with van der Waals surface area (Å²) in [6, 6.07) is 9.90. The molecule has 0 radical (unpaired) electrons. The molecular formula is C18H26N2O. The molecule has 114 valence electrons. The molecule has 0 bridgehead atoms. The normalized spacial score (nSPS) is 20.2. The van der Waals surface area contributed by atoms with Crippen molar-refractivity contribution in [1.29, 1.82) is 5.26 Å². The zero-order valence-corrected chi connectivity index (χ0v) is 13.3. The lowest BCUT2D eigenvalue weighted by Crippen LogP contribution is -2.39. The zero-order valence-electron chi connectivity index (χ0n) is 13.3. The van der Waals surface area contributed by atoms with Crippen molar-refractivity contribution in [1.82, 2.24) is 4.90 Å². The number of likely N-dealkylation sites (N-methyl/N-ethyl adjacent to an activating group) is 1. The highest BCUT2D eigenvalue weighted by Gasteiger charge is 2.29. The van der Waals surface area contributed by atoms with E-state index in [0.29, 0.717) is 23.6 Å². The van der Waals surface area contributed by atoms with Gasteiger partial charge in [0.25, 0.3) is 0 Å². The Kier molecular flexibility index (Phi) is 5.03. The number of aliphatic hydroxyl groups excluding tert-OH is 1. The molecule has 0 amide bonds. The van der Waals surface area contributed by atoms with Gasteiger partial charge in [-0.1, -0.05) is 26.0 Å². The first-order valence-electron chi connectivity index (χ1n) is 7.80.